The summed E-state index contributed by atoms with van der Waals surface area (Å²) in [5, 5.41) is 5.22. The highest BCUT2D eigenvalue weighted by Gasteiger charge is 2.24. The fraction of sp³-hybridized carbons (Fsp3) is 0.320. The molecule has 0 atom stereocenters. The summed E-state index contributed by atoms with van der Waals surface area (Å²) in [7, 11) is 1.64. The number of amides is 1. The van der Waals surface area contributed by atoms with Crippen LogP contribution in [0.5, 0.6) is 5.75 Å². The number of nitrogens with zero attached hydrogens (tertiary/aromatic N) is 4. The number of carbonyl (C=O) groups excluding carboxylic acids is 1. The van der Waals surface area contributed by atoms with Crippen molar-refractivity contribution in [2.24, 2.45) is 0 Å². The summed E-state index contributed by atoms with van der Waals surface area (Å²) in [6, 6.07) is 13.5. The normalized spacial score (nSPS) is 14.7. The first-order valence-electron chi connectivity index (χ1n) is 11.1. The highest BCUT2D eigenvalue weighted by Crippen LogP contribution is 2.24. The van der Waals surface area contributed by atoms with Crippen molar-refractivity contribution < 1.29 is 14.1 Å². The van der Waals surface area contributed by atoms with Crippen LogP contribution in [0.2, 0.25) is 0 Å². The van der Waals surface area contributed by atoms with E-state index in [9.17, 15) is 4.79 Å². The van der Waals surface area contributed by atoms with E-state index in [1.165, 1.54) is 5.56 Å². The molecule has 4 aromatic rings. The largest absolute Gasteiger partial charge is 0.497 e. The third kappa shape index (κ3) is 4.21. The van der Waals surface area contributed by atoms with Gasteiger partial charge in [-0.15, -0.1) is 0 Å². The summed E-state index contributed by atoms with van der Waals surface area (Å²) in [6.45, 7) is 7.56. The molecule has 0 unspecified atom stereocenters. The maximum Gasteiger partial charge on any atom is 0.253 e. The van der Waals surface area contributed by atoms with Crippen molar-refractivity contribution in [2.75, 3.05) is 33.3 Å². The van der Waals surface area contributed by atoms with Gasteiger partial charge in [-0.2, -0.15) is 4.98 Å². The summed E-state index contributed by atoms with van der Waals surface area (Å²) in [5.41, 5.74) is 5.02. The number of ether oxygens (including phenoxy) is 1. The Morgan fingerprint density at radius 3 is 2.58 bits per heavy atom. The van der Waals surface area contributed by atoms with Crippen molar-refractivity contribution >= 4 is 16.8 Å². The van der Waals surface area contributed by atoms with Gasteiger partial charge < -0.3 is 19.1 Å². The molecule has 1 fully saturated rings. The van der Waals surface area contributed by atoms with Gasteiger partial charge in [-0.3, -0.25) is 9.69 Å². The van der Waals surface area contributed by atoms with E-state index in [1.807, 2.05) is 47.4 Å². The highest BCUT2D eigenvalue weighted by molar-refractivity contribution is 5.99. The lowest BCUT2D eigenvalue weighted by Gasteiger charge is -2.34. The maximum absolute atomic E-state index is 13.1. The van der Waals surface area contributed by atoms with Gasteiger partial charge >= 0.3 is 0 Å². The lowest BCUT2D eigenvalue weighted by Crippen LogP contribution is -2.48. The van der Waals surface area contributed by atoms with Gasteiger partial charge in [0.25, 0.3) is 5.91 Å². The summed E-state index contributed by atoms with van der Waals surface area (Å²) in [4.78, 5) is 25.1. The Morgan fingerprint density at radius 1 is 1.09 bits per heavy atom. The quantitative estimate of drug-likeness (QED) is 0.503. The molecule has 1 aliphatic rings. The van der Waals surface area contributed by atoms with Crippen LogP contribution >= 0.6 is 0 Å². The second-order valence-corrected chi connectivity index (χ2v) is 8.44. The van der Waals surface area contributed by atoms with Crippen LogP contribution in [0.15, 0.2) is 47.0 Å². The molecule has 5 rings (SSSR count). The van der Waals surface area contributed by atoms with E-state index in [0.717, 1.165) is 46.6 Å². The fourth-order valence-corrected chi connectivity index (χ4v) is 4.25. The Kier molecular flexibility index (Phi) is 5.60. The minimum atomic E-state index is 0.0781. The first-order valence-corrected chi connectivity index (χ1v) is 11.1. The monoisotopic (exact) mass is 445 g/mol. The van der Waals surface area contributed by atoms with E-state index >= 15 is 0 Å². The molecule has 1 amide bonds. The zero-order chi connectivity index (χ0) is 22.9. The van der Waals surface area contributed by atoms with E-state index in [0.29, 0.717) is 31.3 Å². The average molecular weight is 446 g/mol. The van der Waals surface area contributed by atoms with Gasteiger partial charge in [0, 0.05) is 53.9 Å². The summed E-state index contributed by atoms with van der Waals surface area (Å²) in [5.74, 6) is 2.00. The second kappa shape index (κ2) is 8.71. The zero-order valence-corrected chi connectivity index (χ0v) is 19.1. The predicted molar refractivity (Wildman–Crippen MR) is 125 cm³/mol. The van der Waals surface area contributed by atoms with E-state index < -0.39 is 0 Å². The number of aromatic amines is 1. The van der Waals surface area contributed by atoms with Gasteiger partial charge in [-0.1, -0.05) is 5.16 Å². The van der Waals surface area contributed by atoms with Crippen LogP contribution < -0.4 is 4.74 Å². The zero-order valence-electron chi connectivity index (χ0n) is 19.1. The standard InChI is InChI=1S/C25H27N5O3/c1-16-17(2)26-22-9-6-19(14-21(16)22)25(31)30-12-10-29(11-13-30)15-23-27-24(28-33-23)18-4-7-20(32-3)8-5-18/h4-9,14,26H,10-13,15H2,1-3H3. The molecular formula is C25H27N5O3. The SMILES string of the molecule is COc1ccc(-c2noc(CN3CCN(C(=O)c4ccc5[nH]c(C)c(C)c5c4)CC3)n2)cc1. The number of aromatic nitrogens is 3. The number of H-pyrrole nitrogens is 1. The maximum atomic E-state index is 13.1. The van der Waals surface area contributed by atoms with Gasteiger partial charge in [0.1, 0.15) is 5.75 Å². The molecule has 1 saturated heterocycles. The second-order valence-electron chi connectivity index (χ2n) is 8.44. The number of hydrogen-bond donors (Lipinski definition) is 1. The number of fused-ring (bicyclic) bond motifs is 1. The summed E-state index contributed by atoms with van der Waals surface area (Å²) < 4.78 is 10.6. The number of rotatable bonds is 5. The van der Waals surface area contributed by atoms with E-state index in [4.69, 9.17) is 9.26 Å². The lowest BCUT2D eigenvalue weighted by molar-refractivity contribution is 0.0615. The molecule has 0 bridgehead atoms. The van der Waals surface area contributed by atoms with Crippen molar-refractivity contribution in [3.05, 3.63) is 65.2 Å². The van der Waals surface area contributed by atoms with Crippen LogP contribution in [0, 0.1) is 13.8 Å². The van der Waals surface area contributed by atoms with Gasteiger partial charge in [-0.05, 0) is 61.9 Å². The topological polar surface area (TPSA) is 87.5 Å². The molecule has 0 spiro atoms. The molecule has 3 heterocycles. The van der Waals surface area contributed by atoms with E-state index in [2.05, 4.69) is 33.9 Å². The lowest BCUT2D eigenvalue weighted by atomic mass is 10.1. The number of nitrogens with one attached hydrogen (secondary N) is 1. The number of aryl methyl sites for hydroxylation is 2. The van der Waals surface area contributed by atoms with E-state index in [-0.39, 0.29) is 5.91 Å². The Balaban J connectivity index is 1.19. The van der Waals surface area contributed by atoms with Crippen molar-refractivity contribution in [2.45, 2.75) is 20.4 Å². The number of carbonyl (C=O) groups is 1. The molecule has 1 N–H and O–H groups in total. The predicted octanol–water partition coefficient (Wildman–Crippen LogP) is 3.80. The molecular weight excluding hydrogens is 418 g/mol. The minimum Gasteiger partial charge on any atom is -0.497 e. The van der Waals surface area contributed by atoms with Crippen LogP contribution in [0.25, 0.3) is 22.3 Å². The van der Waals surface area contributed by atoms with Crippen molar-refractivity contribution in [3.8, 4) is 17.1 Å². The van der Waals surface area contributed by atoms with Crippen molar-refractivity contribution in [1.82, 2.24) is 24.9 Å². The third-order valence-corrected chi connectivity index (χ3v) is 6.39. The minimum absolute atomic E-state index is 0.0781. The molecule has 8 nitrogen and oxygen atoms in total. The molecule has 2 aromatic carbocycles. The molecule has 170 valence electrons. The molecule has 33 heavy (non-hydrogen) atoms. The Hall–Kier alpha value is -3.65. The number of benzene rings is 2. The number of methoxy groups -OCH3 is 1. The third-order valence-electron chi connectivity index (χ3n) is 6.39. The van der Waals surface area contributed by atoms with E-state index in [1.54, 1.807) is 7.11 Å². The molecule has 8 heteroatoms. The van der Waals surface area contributed by atoms with Crippen LogP contribution in [-0.4, -0.2) is 64.1 Å². The molecule has 0 saturated carbocycles. The summed E-state index contributed by atoms with van der Waals surface area (Å²) >= 11 is 0. The van der Waals surface area contributed by atoms with Crippen molar-refractivity contribution in [3.63, 3.8) is 0 Å². The Bertz CT molecular complexity index is 1280. The van der Waals surface area contributed by atoms with Gasteiger partial charge in [0.05, 0.1) is 13.7 Å². The first-order chi connectivity index (χ1) is 16.0. The smallest absolute Gasteiger partial charge is 0.253 e. The number of hydrogen-bond acceptors (Lipinski definition) is 6. The van der Waals surface area contributed by atoms with Crippen molar-refractivity contribution in [1.29, 1.82) is 0 Å². The van der Waals surface area contributed by atoms with Crippen LogP contribution in [0.4, 0.5) is 0 Å². The fourth-order valence-electron chi connectivity index (χ4n) is 4.25. The Labute approximate surface area is 192 Å². The molecule has 2 aromatic heterocycles. The highest BCUT2D eigenvalue weighted by atomic mass is 16.5. The average Bonchev–Trinajstić information content (AvgIpc) is 3.43. The molecule has 0 radical (unpaired) electrons. The number of piperazine rings is 1. The van der Waals surface area contributed by atoms with Gasteiger partial charge in [0.15, 0.2) is 0 Å². The van der Waals surface area contributed by atoms with Gasteiger partial charge in [-0.25, -0.2) is 0 Å². The van der Waals surface area contributed by atoms with Crippen LogP contribution in [0.3, 0.4) is 0 Å². The van der Waals surface area contributed by atoms with Crippen LogP contribution in [0.1, 0.15) is 27.5 Å². The Morgan fingerprint density at radius 2 is 1.85 bits per heavy atom. The molecule has 1 aliphatic heterocycles. The molecule has 0 aliphatic carbocycles. The summed E-state index contributed by atoms with van der Waals surface area (Å²) in [6.07, 6.45) is 0. The first kappa shape index (κ1) is 21.2. The van der Waals surface area contributed by atoms with Gasteiger partial charge in [0.2, 0.25) is 11.7 Å². The van der Waals surface area contributed by atoms with Crippen LogP contribution in [-0.2, 0) is 6.54 Å².